The molecule has 1 aliphatic heterocycles. The molecule has 0 spiro atoms. The van der Waals surface area contributed by atoms with Crippen LogP contribution in [0.2, 0.25) is 0 Å². The molecular formula is C20H22BrN3O2. The zero-order chi connectivity index (χ0) is 19.1. The first kappa shape index (κ1) is 18.6. The summed E-state index contributed by atoms with van der Waals surface area (Å²) < 4.78 is 0.977. The molecule has 26 heavy (non-hydrogen) atoms. The number of hydrogen-bond acceptors (Lipinski definition) is 3. The van der Waals surface area contributed by atoms with Gasteiger partial charge in [0.1, 0.15) is 5.69 Å². The summed E-state index contributed by atoms with van der Waals surface area (Å²) in [6.07, 6.45) is 0.768. The standard InChI is InChI=1S/C20H22BrN3O2/c1-20(2)11-13-10-14(21)8-9-16(13)18(25)24(20)12-15-6-5-7-17(22-15)19(26)23(3)4/h5-10H,11-12H2,1-4H3. The second-order valence-corrected chi connectivity index (χ2v) is 8.31. The van der Waals surface area contributed by atoms with Crippen LogP contribution in [-0.2, 0) is 13.0 Å². The summed E-state index contributed by atoms with van der Waals surface area (Å²) in [6.45, 7) is 4.49. The fourth-order valence-corrected chi connectivity index (χ4v) is 3.67. The summed E-state index contributed by atoms with van der Waals surface area (Å²) in [6, 6.07) is 11.1. The monoisotopic (exact) mass is 415 g/mol. The molecule has 0 radical (unpaired) electrons. The van der Waals surface area contributed by atoms with Gasteiger partial charge in [0.2, 0.25) is 0 Å². The van der Waals surface area contributed by atoms with Gasteiger partial charge in [-0.15, -0.1) is 0 Å². The second-order valence-electron chi connectivity index (χ2n) is 7.40. The molecule has 1 aromatic carbocycles. The molecule has 1 aliphatic rings. The number of halogens is 1. The van der Waals surface area contributed by atoms with Crippen molar-refractivity contribution in [2.24, 2.45) is 0 Å². The Labute approximate surface area is 162 Å². The Morgan fingerprint density at radius 2 is 2.00 bits per heavy atom. The van der Waals surface area contributed by atoms with Gasteiger partial charge in [-0.3, -0.25) is 9.59 Å². The van der Waals surface area contributed by atoms with E-state index in [4.69, 9.17) is 0 Å². The molecule has 136 valence electrons. The molecule has 0 fully saturated rings. The van der Waals surface area contributed by atoms with Gasteiger partial charge in [0.05, 0.1) is 12.2 Å². The van der Waals surface area contributed by atoms with E-state index in [-0.39, 0.29) is 17.4 Å². The first-order valence-corrected chi connectivity index (χ1v) is 9.26. The summed E-state index contributed by atoms with van der Waals surface area (Å²) in [5.74, 6) is -0.152. The lowest BCUT2D eigenvalue weighted by Gasteiger charge is -2.43. The van der Waals surface area contributed by atoms with E-state index in [1.165, 1.54) is 4.90 Å². The first-order valence-electron chi connectivity index (χ1n) is 8.47. The third-order valence-corrected chi connectivity index (χ3v) is 5.14. The number of hydrogen-bond donors (Lipinski definition) is 0. The average molecular weight is 416 g/mol. The van der Waals surface area contributed by atoms with Crippen LogP contribution in [-0.4, -0.2) is 46.2 Å². The summed E-state index contributed by atoms with van der Waals surface area (Å²) in [7, 11) is 3.39. The molecule has 0 unspecified atom stereocenters. The highest BCUT2D eigenvalue weighted by atomic mass is 79.9. The summed E-state index contributed by atoms with van der Waals surface area (Å²) in [4.78, 5) is 33.0. The molecule has 2 aromatic rings. The number of aromatic nitrogens is 1. The van der Waals surface area contributed by atoms with Crippen molar-refractivity contribution in [3.63, 3.8) is 0 Å². The molecule has 0 N–H and O–H groups in total. The van der Waals surface area contributed by atoms with Crippen LogP contribution in [0.25, 0.3) is 0 Å². The number of benzene rings is 1. The Hall–Kier alpha value is -2.21. The molecule has 0 aliphatic carbocycles. The predicted molar refractivity (Wildman–Crippen MR) is 104 cm³/mol. The molecule has 1 aromatic heterocycles. The van der Waals surface area contributed by atoms with Crippen molar-refractivity contribution in [1.29, 1.82) is 0 Å². The van der Waals surface area contributed by atoms with Crippen molar-refractivity contribution in [3.8, 4) is 0 Å². The predicted octanol–water partition coefficient (Wildman–Crippen LogP) is 3.52. The van der Waals surface area contributed by atoms with E-state index in [2.05, 4.69) is 34.8 Å². The fourth-order valence-electron chi connectivity index (χ4n) is 3.26. The van der Waals surface area contributed by atoms with Crippen LogP contribution < -0.4 is 0 Å². The van der Waals surface area contributed by atoms with Gasteiger partial charge in [-0.25, -0.2) is 4.98 Å². The lowest BCUT2D eigenvalue weighted by atomic mass is 9.85. The van der Waals surface area contributed by atoms with Crippen LogP contribution in [0, 0.1) is 0 Å². The highest BCUT2D eigenvalue weighted by Crippen LogP contribution is 2.33. The van der Waals surface area contributed by atoms with Crippen molar-refractivity contribution in [2.45, 2.75) is 32.4 Å². The number of amides is 2. The molecule has 2 amide bonds. The minimum absolute atomic E-state index is 0.00473. The van der Waals surface area contributed by atoms with Gasteiger partial charge in [-0.05, 0) is 56.2 Å². The maximum Gasteiger partial charge on any atom is 0.271 e. The normalized spacial score (nSPS) is 15.6. The average Bonchev–Trinajstić information content (AvgIpc) is 2.57. The van der Waals surface area contributed by atoms with Gasteiger partial charge >= 0.3 is 0 Å². The van der Waals surface area contributed by atoms with Crippen LogP contribution in [0.5, 0.6) is 0 Å². The Morgan fingerprint density at radius 3 is 2.69 bits per heavy atom. The minimum atomic E-state index is -0.339. The zero-order valence-electron chi connectivity index (χ0n) is 15.4. The summed E-state index contributed by atoms with van der Waals surface area (Å²) in [5.41, 5.74) is 2.54. The van der Waals surface area contributed by atoms with Gasteiger partial charge in [0.25, 0.3) is 11.8 Å². The Bertz CT molecular complexity index is 877. The number of pyridine rings is 1. The van der Waals surface area contributed by atoms with Gasteiger partial charge in [0, 0.05) is 29.7 Å². The van der Waals surface area contributed by atoms with Crippen molar-refractivity contribution in [1.82, 2.24) is 14.8 Å². The maximum absolute atomic E-state index is 13.1. The summed E-state index contributed by atoms with van der Waals surface area (Å²) in [5, 5.41) is 0. The molecule has 2 heterocycles. The lowest BCUT2D eigenvalue weighted by Crippen LogP contribution is -2.52. The second kappa shape index (κ2) is 6.83. The van der Waals surface area contributed by atoms with Crippen LogP contribution in [0.3, 0.4) is 0 Å². The lowest BCUT2D eigenvalue weighted by molar-refractivity contribution is 0.0477. The van der Waals surface area contributed by atoms with Gasteiger partial charge < -0.3 is 9.80 Å². The molecule has 0 bridgehead atoms. The smallest absolute Gasteiger partial charge is 0.271 e. The highest BCUT2D eigenvalue weighted by Gasteiger charge is 2.38. The zero-order valence-corrected chi connectivity index (χ0v) is 17.0. The first-order chi connectivity index (χ1) is 12.2. The third kappa shape index (κ3) is 3.51. The van der Waals surface area contributed by atoms with Gasteiger partial charge in [0.15, 0.2) is 0 Å². The Balaban J connectivity index is 1.92. The maximum atomic E-state index is 13.1. The SMILES string of the molecule is CN(C)C(=O)c1cccc(CN2C(=O)c3ccc(Br)cc3CC2(C)C)n1. The highest BCUT2D eigenvalue weighted by molar-refractivity contribution is 9.10. The van der Waals surface area contributed by atoms with Crippen LogP contribution in [0.1, 0.15) is 46.0 Å². The number of rotatable bonds is 3. The van der Waals surface area contributed by atoms with Crippen LogP contribution in [0.4, 0.5) is 0 Å². The fraction of sp³-hybridized carbons (Fsp3) is 0.350. The van der Waals surface area contributed by atoms with E-state index in [1.807, 2.05) is 35.2 Å². The van der Waals surface area contributed by atoms with Gasteiger partial charge in [-0.1, -0.05) is 22.0 Å². The van der Waals surface area contributed by atoms with Crippen molar-refractivity contribution in [3.05, 3.63) is 63.4 Å². The molecule has 0 atom stereocenters. The molecular weight excluding hydrogens is 394 g/mol. The van der Waals surface area contributed by atoms with Crippen LogP contribution >= 0.6 is 15.9 Å². The van der Waals surface area contributed by atoms with E-state index >= 15 is 0 Å². The van der Waals surface area contributed by atoms with E-state index in [9.17, 15) is 9.59 Å². The van der Waals surface area contributed by atoms with Crippen LogP contribution in [0.15, 0.2) is 40.9 Å². The van der Waals surface area contributed by atoms with E-state index in [0.29, 0.717) is 17.9 Å². The molecule has 0 saturated heterocycles. The number of nitrogens with zero attached hydrogens (tertiary/aromatic N) is 3. The number of fused-ring (bicyclic) bond motifs is 1. The quantitative estimate of drug-likeness (QED) is 0.770. The molecule has 0 saturated carbocycles. The van der Waals surface area contributed by atoms with E-state index < -0.39 is 0 Å². The van der Waals surface area contributed by atoms with E-state index in [1.54, 1.807) is 20.2 Å². The summed E-state index contributed by atoms with van der Waals surface area (Å²) >= 11 is 3.48. The largest absolute Gasteiger partial charge is 0.343 e. The topological polar surface area (TPSA) is 53.5 Å². The molecule has 3 rings (SSSR count). The molecule has 6 heteroatoms. The van der Waals surface area contributed by atoms with Gasteiger partial charge in [-0.2, -0.15) is 0 Å². The minimum Gasteiger partial charge on any atom is -0.343 e. The van der Waals surface area contributed by atoms with Crippen molar-refractivity contribution < 1.29 is 9.59 Å². The van der Waals surface area contributed by atoms with E-state index in [0.717, 1.165) is 22.0 Å². The van der Waals surface area contributed by atoms with Crippen molar-refractivity contribution in [2.75, 3.05) is 14.1 Å². The van der Waals surface area contributed by atoms with Crippen molar-refractivity contribution >= 4 is 27.7 Å². The Kier molecular flexibility index (Phi) is 4.88. The third-order valence-electron chi connectivity index (χ3n) is 4.65. The Morgan fingerprint density at radius 1 is 1.27 bits per heavy atom. The number of carbonyl (C=O) groups excluding carboxylic acids is 2. The molecule has 5 nitrogen and oxygen atoms in total. The number of carbonyl (C=O) groups is 2.